The fourth-order valence-corrected chi connectivity index (χ4v) is 4.46. The maximum absolute atomic E-state index is 13.4. The van der Waals surface area contributed by atoms with Crippen LogP contribution in [0.5, 0.6) is 0 Å². The van der Waals surface area contributed by atoms with Crippen LogP contribution in [0.25, 0.3) is 0 Å². The number of hydrazine groups is 1. The van der Waals surface area contributed by atoms with Crippen LogP contribution in [0.3, 0.4) is 0 Å². The monoisotopic (exact) mass is 503 g/mol. The Hall–Kier alpha value is -3.60. The molecule has 0 saturated heterocycles. The summed E-state index contributed by atoms with van der Waals surface area (Å²) in [6.07, 6.45) is 0. The number of nitro benzene ring substituents is 1. The van der Waals surface area contributed by atoms with E-state index < -0.39 is 46.2 Å². The van der Waals surface area contributed by atoms with E-state index in [4.69, 9.17) is 23.2 Å². The lowest BCUT2D eigenvalue weighted by Crippen LogP contribution is -2.51. The maximum atomic E-state index is 13.4. The first kappa shape index (κ1) is 22.6. The number of amides is 3. The van der Waals surface area contributed by atoms with Gasteiger partial charge in [0.15, 0.2) is 5.78 Å². The van der Waals surface area contributed by atoms with Crippen molar-refractivity contribution in [3.05, 3.63) is 95.6 Å². The molecule has 3 amide bonds. The Balaban J connectivity index is 1.81. The van der Waals surface area contributed by atoms with Crippen LogP contribution < -0.4 is 0 Å². The number of hydrogen-bond donors (Lipinski definition) is 0. The molecule has 33 heavy (non-hydrogen) atoms. The van der Waals surface area contributed by atoms with E-state index in [0.29, 0.717) is 10.0 Å². The summed E-state index contributed by atoms with van der Waals surface area (Å²) in [4.78, 5) is 63.4. The number of ketones is 1. The van der Waals surface area contributed by atoms with Gasteiger partial charge in [0, 0.05) is 11.1 Å². The van der Waals surface area contributed by atoms with Gasteiger partial charge in [0.05, 0.1) is 25.9 Å². The molecule has 1 aliphatic heterocycles. The van der Waals surface area contributed by atoms with E-state index in [9.17, 15) is 29.3 Å². The Bertz CT molecular complexity index is 1340. The highest BCUT2D eigenvalue weighted by Gasteiger charge is 2.46. The second-order valence-electron chi connectivity index (χ2n) is 6.77. The third-order valence-electron chi connectivity index (χ3n) is 4.79. The quantitative estimate of drug-likeness (QED) is 0.211. The van der Waals surface area contributed by atoms with E-state index in [-0.39, 0.29) is 26.0 Å². The van der Waals surface area contributed by atoms with Gasteiger partial charge in [0.1, 0.15) is 12.1 Å². The highest BCUT2D eigenvalue weighted by atomic mass is 35.5. The Morgan fingerprint density at radius 1 is 1.06 bits per heavy atom. The van der Waals surface area contributed by atoms with Gasteiger partial charge in [0.2, 0.25) is 0 Å². The van der Waals surface area contributed by atoms with Crippen LogP contribution in [0.15, 0.2) is 53.9 Å². The zero-order chi connectivity index (χ0) is 23.9. The van der Waals surface area contributed by atoms with E-state index in [1.54, 1.807) is 11.4 Å². The summed E-state index contributed by atoms with van der Waals surface area (Å²) in [5, 5.41) is 14.3. The highest BCUT2D eigenvalue weighted by Crippen LogP contribution is 2.33. The minimum Gasteiger partial charge on any atom is -0.291 e. The molecule has 0 saturated carbocycles. The fourth-order valence-electron chi connectivity index (χ4n) is 3.31. The van der Waals surface area contributed by atoms with Gasteiger partial charge in [-0.1, -0.05) is 35.3 Å². The van der Waals surface area contributed by atoms with E-state index >= 15 is 0 Å². The van der Waals surface area contributed by atoms with Gasteiger partial charge in [0.25, 0.3) is 23.4 Å². The van der Waals surface area contributed by atoms with Gasteiger partial charge in [-0.3, -0.25) is 29.3 Å². The van der Waals surface area contributed by atoms with Crippen LogP contribution in [0.1, 0.15) is 40.7 Å². The van der Waals surface area contributed by atoms with Crippen molar-refractivity contribution in [3.8, 4) is 0 Å². The van der Waals surface area contributed by atoms with Crippen molar-refractivity contribution in [1.82, 2.24) is 10.0 Å². The van der Waals surface area contributed by atoms with Gasteiger partial charge in [-0.15, -0.1) is 11.3 Å². The molecule has 1 aromatic heterocycles. The van der Waals surface area contributed by atoms with Gasteiger partial charge < -0.3 is 0 Å². The summed E-state index contributed by atoms with van der Waals surface area (Å²) in [6, 6.07) is 10.7. The number of nitrogens with zero attached hydrogens (tertiary/aromatic N) is 3. The molecule has 4 rings (SSSR count). The SMILES string of the molecule is O=C(CN(C(=O)c1ccc(Cl)cc1Cl)N1C(=O)c2cccc([N+](=O)[O-])c2C1=O)c1cccs1. The normalized spacial score (nSPS) is 12.6. The molecule has 2 aromatic carbocycles. The molecule has 0 bridgehead atoms. The average Bonchev–Trinajstić information content (AvgIpc) is 3.39. The number of benzene rings is 2. The molecule has 0 spiro atoms. The van der Waals surface area contributed by atoms with Crippen LogP contribution in [0.2, 0.25) is 10.0 Å². The van der Waals surface area contributed by atoms with Crippen molar-refractivity contribution in [1.29, 1.82) is 0 Å². The number of halogens is 2. The summed E-state index contributed by atoms with van der Waals surface area (Å²) in [5.74, 6) is -3.55. The van der Waals surface area contributed by atoms with Crippen LogP contribution >= 0.6 is 34.5 Å². The third kappa shape index (κ3) is 3.99. The number of carbonyl (C=O) groups excluding carboxylic acids is 4. The number of thiophene rings is 1. The molecule has 9 nitrogen and oxygen atoms in total. The standard InChI is InChI=1S/C21H11Cl2N3O6S/c22-11-6-7-12(14(23)9-11)19(28)24(10-16(27)17-5-2-8-33-17)25-20(29)13-3-1-4-15(26(31)32)18(13)21(25)30/h1-9H,10H2. The molecule has 2 heterocycles. The van der Waals surface area contributed by atoms with E-state index in [0.717, 1.165) is 17.4 Å². The number of imide groups is 1. The summed E-state index contributed by atoms with van der Waals surface area (Å²) in [7, 11) is 0. The number of nitro groups is 1. The van der Waals surface area contributed by atoms with E-state index in [2.05, 4.69) is 0 Å². The topological polar surface area (TPSA) is 118 Å². The smallest absolute Gasteiger partial charge is 0.287 e. The first-order chi connectivity index (χ1) is 15.7. The zero-order valence-corrected chi connectivity index (χ0v) is 18.7. The molecule has 166 valence electrons. The van der Waals surface area contributed by atoms with Crippen LogP contribution in [-0.2, 0) is 0 Å². The van der Waals surface area contributed by atoms with Gasteiger partial charge in [-0.25, -0.2) is 5.01 Å². The van der Waals surface area contributed by atoms with Crippen LogP contribution in [-0.4, -0.2) is 45.0 Å². The molecule has 0 radical (unpaired) electrons. The first-order valence-corrected chi connectivity index (χ1v) is 10.8. The van der Waals surface area contributed by atoms with Crippen molar-refractivity contribution in [2.75, 3.05) is 6.54 Å². The summed E-state index contributed by atoms with van der Waals surface area (Å²) < 4.78 is 0. The predicted molar refractivity (Wildman–Crippen MR) is 120 cm³/mol. The van der Waals surface area contributed by atoms with Crippen LogP contribution in [0.4, 0.5) is 5.69 Å². The summed E-state index contributed by atoms with van der Waals surface area (Å²) >= 11 is 13.2. The number of Topliss-reactive ketones (excluding diaryl/α,β-unsaturated/α-hetero) is 1. The molecule has 3 aromatic rings. The molecular weight excluding hydrogens is 493 g/mol. The molecule has 0 atom stereocenters. The summed E-state index contributed by atoms with van der Waals surface area (Å²) in [6.45, 7) is -0.683. The zero-order valence-electron chi connectivity index (χ0n) is 16.4. The third-order valence-corrected chi connectivity index (χ3v) is 6.25. The Kier molecular flexibility index (Phi) is 5.98. The second-order valence-corrected chi connectivity index (χ2v) is 8.56. The van der Waals surface area contributed by atoms with Gasteiger partial charge in [-0.05, 0) is 35.7 Å². The van der Waals surface area contributed by atoms with Crippen molar-refractivity contribution in [3.63, 3.8) is 0 Å². The van der Waals surface area contributed by atoms with Crippen LogP contribution in [0, 0.1) is 10.1 Å². The molecular formula is C21H11Cl2N3O6S. The Morgan fingerprint density at radius 2 is 1.82 bits per heavy atom. The Morgan fingerprint density at radius 3 is 2.45 bits per heavy atom. The molecule has 1 aliphatic rings. The van der Waals surface area contributed by atoms with E-state index in [1.165, 1.54) is 36.4 Å². The van der Waals surface area contributed by atoms with Crippen molar-refractivity contribution >= 4 is 63.7 Å². The van der Waals surface area contributed by atoms with Gasteiger partial charge >= 0.3 is 0 Å². The largest absolute Gasteiger partial charge is 0.291 e. The summed E-state index contributed by atoms with van der Waals surface area (Å²) in [5.41, 5.74) is -1.42. The molecule has 0 N–H and O–H groups in total. The van der Waals surface area contributed by atoms with Crippen molar-refractivity contribution in [2.24, 2.45) is 0 Å². The van der Waals surface area contributed by atoms with Crippen molar-refractivity contribution < 1.29 is 24.1 Å². The number of fused-ring (bicyclic) bond motifs is 1. The number of rotatable bonds is 6. The fraction of sp³-hybridized carbons (Fsp3) is 0.0476. The Labute approximate surface area is 199 Å². The minimum absolute atomic E-state index is 0.0661. The van der Waals surface area contributed by atoms with E-state index in [1.807, 2.05) is 0 Å². The molecule has 0 fully saturated rings. The van der Waals surface area contributed by atoms with Crippen molar-refractivity contribution in [2.45, 2.75) is 0 Å². The highest BCUT2D eigenvalue weighted by molar-refractivity contribution is 7.12. The maximum Gasteiger partial charge on any atom is 0.287 e. The lowest BCUT2D eigenvalue weighted by atomic mass is 10.1. The first-order valence-electron chi connectivity index (χ1n) is 9.20. The molecule has 0 unspecified atom stereocenters. The second kappa shape index (κ2) is 8.74. The lowest BCUT2D eigenvalue weighted by molar-refractivity contribution is -0.385. The molecule has 12 heteroatoms. The lowest BCUT2D eigenvalue weighted by Gasteiger charge is -2.29. The minimum atomic E-state index is -1.10. The molecule has 0 aliphatic carbocycles. The number of hydrogen-bond acceptors (Lipinski definition) is 7. The van der Waals surface area contributed by atoms with Gasteiger partial charge in [-0.2, -0.15) is 5.01 Å². The number of carbonyl (C=O) groups is 4. The predicted octanol–water partition coefficient (Wildman–Crippen LogP) is 4.50. The average molecular weight is 504 g/mol.